The minimum atomic E-state index is -0.596. The molecule has 0 saturated carbocycles. The molecule has 1 aliphatic rings. The Morgan fingerprint density at radius 1 is 1.56 bits per heavy atom. The van der Waals surface area contributed by atoms with E-state index < -0.39 is 5.54 Å². The van der Waals surface area contributed by atoms with Gasteiger partial charge < -0.3 is 16.0 Å². The van der Waals surface area contributed by atoms with Gasteiger partial charge in [-0.25, -0.2) is 0 Å². The average Bonchev–Trinajstić information content (AvgIpc) is 2.52. The molecule has 0 radical (unpaired) electrons. The van der Waals surface area contributed by atoms with Crippen LogP contribution in [0.4, 0.5) is 0 Å². The summed E-state index contributed by atoms with van der Waals surface area (Å²) in [5, 5.41) is 6.74. The first-order chi connectivity index (χ1) is 8.60. The highest BCUT2D eigenvalue weighted by Gasteiger charge is 2.36. The molecule has 1 rings (SSSR count). The Morgan fingerprint density at radius 2 is 2.33 bits per heavy atom. The Kier molecular flexibility index (Phi) is 5.91. The molecule has 0 aliphatic carbocycles. The Labute approximate surface area is 107 Å². The van der Waals surface area contributed by atoms with Gasteiger partial charge in [0.25, 0.3) is 0 Å². The quantitative estimate of drug-likeness (QED) is 0.314. The largest absolute Gasteiger partial charge is 0.368 e. The van der Waals surface area contributed by atoms with Crippen LogP contribution >= 0.6 is 0 Å². The minimum Gasteiger partial charge on any atom is -0.368 e. The van der Waals surface area contributed by atoms with Gasteiger partial charge in [0.05, 0.1) is 5.54 Å². The minimum absolute atomic E-state index is 0.276. The third kappa shape index (κ3) is 4.18. The zero-order valence-electron chi connectivity index (χ0n) is 10.9. The number of nitrogens with zero attached hydrogens (tertiary/aromatic N) is 4. The summed E-state index contributed by atoms with van der Waals surface area (Å²) in [6.07, 6.45) is 3.19. The smallest absolute Gasteiger partial charge is 0.237 e. The molecule has 1 atom stereocenters. The summed E-state index contributed by atoms with van der Waals surface area (Å²) in [7, 11) is 2.05. The Morgan fingerprint density at radius 3 is 3.00 bits per heavy atom. The monoisotopic (exact) mass is 254 g/mol. The first-order valence-corrected chi connectivity index (χ1v) is 6.35. The summed E-state index contributed by atoms with van der Waals surface area (Å²) in [5.41, 5.74) is 13.1. The molecular weight excluding hydrogens is 232 g/mol. The molecule has 0 spiro atoms. The number of hydrogen-bond donors (Lipinski definition) is 2. The normalized spacial score (nSPS) is 25.2. The van der Waals surface area contributed by atoms with Gasteiger partial charge >= 0.3 is 0 Å². The fourth-order valence-electron chi connectivity index (χ4n) is 2.30. The zero-order valence-corrected chi connectivity index (χ0v) is 10.9. The number of likely N-dealkylation sites (tertiary alicyclic amines) is 1. The van der Waals surface area contributed by atoms with Crippen molar-refractivity contribution in [3.63, 3.8) is 0 Å². The molecular formula is C11H22N6O. The van der Waals surface area contributed by atoms with E-state index in [0.29, 0.717) is 13.1 Å². The van der Waals surface area contributed by atoms with E-state index >= 15 is 0 Å². The maximum atomic E-state index is 11.7. The summed E-state index contributed by atoms with van der Waals surface area (Å²) < 4.78 is 0. The van der Waals surface area contributed by atoms with Gasteiger partial charge in [-0.2, -0.15) is 0 Å². The second-order valence-corrected chi connectivity index (χ2v) is 4.84. The Bertz CT molecular complexity index is 327. The van der Waals surface area contributed by atoms with Gasteiger partial charge in [0.1, 0.15) is 0 Å². The number of carbonyl (C=O) groups is 1. The Hall–Kier alpha value is -1.30. The highest BCUT2D eigenvalue weighted by atomic mass is 16.1. The van der Waals surface area contributed by atoms with E-state index in [2.05, 4.69) is 27.3 Å². The van der Waals surface area contributed by atoms with E-state index in [0.717, 1.165) is 38.8 Å². The predicted octanol–water partition coefficient (Wildman–Crippen LogP) is 0.616. The van der Waals surface area contributed by atoms with Crippen LogP contribution in [0.1, 0.15) is 25.7 Å². The summed E-state index contributed by atoms with van der Waals surface area (Å²) in [6.45, 7) is 2.95. The molecule has 0 aromatic heterocycles. The van der Waals surface area contributed by atoms with Crippen molar-refractivity contribution < 1.29 is 4.79 Å². The SMILES string of the molecule is CN1CCCC(NCCCN=[N+]=[N-])(C(N)=O)CC1. The molecule has 0 aromatic carbocycles. The number of hydrogen-bond acceptors (Lipinski definition) is 4. The first kappa shape index (κ1) is 14.8. The van der Waals surface area contributed by atoms with Crippen LogP contribution in [0.15, 0.2) is 5.11 Å². The second kappa shape index (κ2) is 7.20. The van der Waals surface area contributed by atoms with Crippen LogP contribution in [-0.2, 0) is 4.79 Å². The van der Waals surface area contributed by atoms with Crippen LogP contribution in [0.2, 0.25) is 0 Å². The van der Waals surface area contributed by atoms with Crippen molar-refractivity contribution in [1.29, 1.82) is 0 Å². The van der Waals surface area contributed by atoms with Gasteiger partial charge in [0.2, 0.25) is 5.91 Å². The fourth-order valence-corrected chi connectivity index (χ4v) is 2.30. The van der Waals surface area contributed by atoms with Crippen molar-refractivity contribution in [2.75, 3.05) is 33.2 Å². The van der Waals surface area contributed by atoms with E-state index in [-0.39, 0.29) is 5.91 Å². The predicted molar refractivity (Wildman–Crippen MR) is 69.9 cm³/mol. The summed E-state index contributed by atoms with van der Waals surface area (Å²) in [4.78, 5) is 16.6. The van der Waals surface area contributed by atoms with E-state index in [1.807, 2.05) is 0 Å². The second-order valence-electron chi connectivity index (χ2n) is 4.84. The van der Waals surface area contributed by atoms with Crippen LogP contribution in [0.25, 0.3) is 10.4 Å². The molecule has 7 heteroatoms. The standard InChI is InChI=1S/C11H22N6O/c1-17-8-2-4-11(5-9-17,10(12)18)14-6-3-7-15-16-13/h14H,2-9H2,1H3,(H2,12,18). The fraction of sp³-hybridized carbons (Fsp3) is 0.909. The summed E-state index contributed by atoms with van der Waals surface area (Å²) in [6, 6.07) is 0. The number of rotatable bonds is 6. The van der Waals surface area contributed by atoms with Crippen molar-refractivity contribution >= 4 is 5.91 Å². The molecule has 0 aromatic rings. The number of carbonyl (C=O) groups excluding carboxylic acids is 1. The lowest BCUT2D eigenvalue weighted by molar-refractivity contribution is -0.125. The molecule has 1 saturated heterocycles. The van der Waals surface area contributed by atoms with Crippen molar-refractivity contribution in [2.45, 2.75) is 31.2 Å². The van der Waals surface area contributed by atoms with Gasteiger partial charge in [0.15, 0.2) is 0 Å². The van der Waals surface area contributed by atoms with Crippen molar-refractivity contribution in [2.24, 2.45) is 10.8 Å². The van der Waals surface area contributed by atoms with Crippen molar-refractivity contribution in [3.05, 3.63) is 10.4 Å². The lowest BCUT2D eigenvalue weighted by Crippen LogP contribution is -2.56. The van der Waals surface area contributed by atoms with Crippen LogP contribution in [0, 0.1) is 0 Å². The number of azide groups is 1. The third-order valence-electron chi connectivity index (χ3n) is 3.50. The number of nitrogens with one attached hydrogen (secondary N) is 1. The number of nitrogens with two attached hydrogens (primary N) is 1. The summed E-state index contributed by atoms with van der Waals surface area (Å²) >= 11 is 0. The van der Waals surface area contributed by atoms with Crippen molar-refractivity contribution in [1.82, 2.24) is 10.2 Å². The Balaban J connectivity index is 2.51. The molecule has 1 fully saturated rings. The topological polar surface area (TPSA) is 107 Å². The third-order valence-corrected chi connectivity index (χ3v) is 3.50. The molecule has 1 unspecified atom stereocenters. The molecule has 0 bridgehead atoms. The van der Waals surface area contributed by atoms with Gasteiger partial charge in [-0.1, -0.05) is 5.11 Å². The number of primary amides is 1. The van der Waals surface area contributed by atoms with Crippen LogP contribution in [0.5, 0.6) is 0 Å². The van der Waals surface area contributed by atoms with Gasteiger partial charge in [-0.05, 0) is 51.4 Å². The molecule has 7 nitrogen and oxygen atoms in total. The molecule has 102 valence electrons. The molecule has 1 aliphatic heterocycles. The average molecular weight is 254 g/mol. The first-order valence-electron chi connectivity index (χ1n) is 6.35. The van der Waals surface area contributed by atoms with Crippen molar-refractivity contribution in [3.8, 4) is 0 Å². The zero-order chi connectivity index (χ0) is 13.4. The maximum Gasteiger partial charge on any atom is 0.237 e. The molecule has 1 heterocycles. The van der Waals surface area contributed by atoms with Crippen LogP contribution in [0.3, 0.4) is 0 Å². The maximum absolute atomic E-state index is 11.7. The molecule has 18 heavy (non-hydrogen) atoms. The van der Waals surface area contributed by atoms with Crippen LogP contribution in [-0.4, -0.2) is 49.6 Å². The molecule has 3 N–H and O–H groups in total. The highest BCUT2D eigenvalue weighted by molar-refractivity contribution is 5.84. The van der Waals surface area contributed by atoms with E-state index in [1.165, 1.54) is 0 Å². The van der Waals surface area contributed by atoms with Gasteiger partial charge in [-0.3, -0.25) is 4.79 Å². The van der Waals surface area contributed by atoms with E-state index in [1.54, 1.807) is 0 Å². The lowest BCUT2D eigenvalue weighted by Gasteiger charge is -2.30. The molecule has 1 amide bonds. The number of amides is 1. The summed E-state index contributed by atoms with van der Waals surface area (Å²) in [5.74, 6) is -0.276. The van der Waals surface area contributed by atoms with E-state index in [9.17, 15) is 4.79 Å². The highest BCUT2D eigenvalue weighted by Crippen LogP contribution is 2.21. The van der Waals surface area contributed by atoms with E-state index in [4.69, 9.17) is 11.3 Å². The van der Waals surface area contributed by atoms with Gasteiger partial charge in [0, 0.05) is 18.0 Å². The van der Waals surface area contributed by atoms with Crippen LogP contribution < -0.4 is 11.1 Å². The lowest BCUT2D eigenvalue weighted by atomic mass is 9.89. The van der Waals surface area contributed by atoms with Gasteiger partial charge in [-0.15, -0.1) is 0 Å².